The van der Waals surface area contributed by atoms with E-state index in [1.807, 2.05) is 12.3 Å². The Morgan fingerprint density at radius 1 is 1.23 bits per heavy atom. The van der Waals surface area contributed by atoms with Gasteiger partial charge in [0.05, 0.1) is 17.1 Å². The summed E-state index contributed by atoms with van der Waals surface area (Å²) in [6.07, 6.45) is 16.8. The van der Waals surface area contributed by atoms with Crippen LogP contribution in [0.4, 0.5) is 0 Å². The van der Waals surface area contributed by atoms with Crippen molar-refractivity contribution in [3.8, 4) is 0 Å². The monoisotopic (exact) mass is 297 g/mol. The van der Waals surface area contributed by atoms with Gasteiger partial charge in [-0.3, -0.25) is 0 Å². The first kappa shape index (κ1) is 15.1. The number of H-pyrrole nitrogens is 1. The fourth-order valence-electron chi connectivity index (χ4n) is 3.33. The van der Waals surface area contributed by atoms with Crippen molar-refractivity contribution in [2.75, 3.05) is 0 Å². The van der Waals surface area contributed by atoms with Crippen LogP contribution in [-0.2, 0) is 0 Å². The van der Waals surface area contributed by atoms with E-state index in [9.17, 15) is 0 Å². The number of allylic oxidation sites excluding steroid dienone is 2. The van der Waals surface area contributed by atoms with E-state index in [-0.39, 0.29) is 0 Å². The molecule has 1 aromatic heterocycles. The van der Waals surface area contributed by atoms with Crippen LogP contribution in [0.5, 0.6) is 0 Å². The number of nitrogens with zero attached hydrogens (tertiary/aromatic N) is 1. The van der Waals surface area contributed by atoms with E-state index in [0.29, 0.717) is 6.04 Å². The van der Waals surface area contributed by atoms with Gasteiger partial charge in [0.1, 0.15) is 0 Å². The Bertz CT molecular complexity index is 556. The lowest BCUT2D eigenvalue weighted by atomic mass is 9.97. The molecule has 1 aliphatic carbocycles. The molecule has 1 saturated carbocycles. The molecule has 3 rings (SSSR count). The van der Waals surface area contributed by atoms with Crippen LogP contribution in [0.25, 0.3) is 0 Å². The van der Waals surface area contributed by atoms with Gasteiger partial charge in [0, 0.05) is 18.4 Å². The van der Waals surface area contributed by atoms with E-state index in [2.05, 4.69) is 35.6 Å². The van der Waals surface area contributed by atoms with Crippen molar-refractivity contribution in [2.24, 2.45) is 4.99 Å². The molecule has 0 aromatic carbocycles. The van der Waals surface area contributed by atoms with Crippen LogP contribution in [-0.4, -0.2) is 16.7 Å². The highest BCUT2D eigenvalue weighted by molar-refractivity contribution is 6.10. The van der Waals surface area contributed by atoms with Crippen LogP contribution in [0.3, 0.4) is 0 Å². The molecule has 3 heteroatoms. The van der Waals surface area contributed by atoms with Crippen molar-refractivity contribution in [3.63, 3.8) is 0 Å². The van der Waals surface area contributed by atoms with Crippen molar-refractivity contribution in [2.45, 2.75) is 64.3 Å². The average molecular weight is 297 g/mol. The molecule has 3 nitrogen and oxygen atoms in total. The highest BCUT2D eigenvalue weighted by Gasteiger charge is 2.16. The van der Waals surface area contributed by atoms with Gasteiger partial charge in [-0.15, -0.1) is 0 Å². The van der Waals surface area contributed by atoms with Crippen LogP contribution in [0.1, 0.15) is 64.0 Å². The summed E-state index contributed by atoms with van der Waals surface area (Å²) in [6.45, 7) is 2.20. The molecular weight excluding hydrogens is 270 g/mol. The van der Waals surface area contributed by atoms with Crippen molar-refractivity contribution < 1.29 is 0 Å². The summed E-state index contributed by atoms with van der Waals surface area (Å²) in [4.78, 5) is 8.04. The fraction of sp³-hybridized carbons (Fsp3) is 0.526. The third-order valence-corrected chi connectivity index (χ3v) is 4.70. The predicted octanol–water partition coefficient (Wildman–Crippen LogP) is 4.70. The number of hydrogen-bond donors (Lipinski definition) is 2. The Labute approximate surface area is 133 Å². The molecule has 0 unspecified atom stereocenters. The molecule has 0 spiro atoms. The standard InChI is InChI=1S/C19H27N3/c1-2-15-13-18(17-11-8-12-20-17)22-19(15)14-21-16-9-6-4-3-5-7-10-16/h8,11-14,16,20-21H,2-7,9-10H2,1H3/b19-14+. The van der Waals surface area contributed by atoms with Gasteiger partial charge in [-0.2, -0.15) is 0 Å². The van der Waals surface area contributed by atoms with Crippen molar-refractivity contribution in [3.05, 3.63) is 47.6 Å². The van der Waals surface area contributed by atoms with Crippen molar-refractivity contribution in [1.82, 2.24) is 10.3 Å². The minimum Gasteiger partial charge on any atom is -0.386 e. The smallest absolute Gasteiger partial charge is 0.0875 e. The van der Waals surface area contributed by atoms with Gasteiger partial charge < -0.3 is 10.3 Å². The number of nitrogens with one attached hydrogen (secondary N) is 2. The number of aromatic nitrogens is 1. The predicted molar refractivity (Wildman–Crippen MR) is 93.0 cm³/mol. The SMILES string of the molecule is CCC1=CC(c2ccc[nH]2)=N/C1=C/NC1CCCCCCC1. The lowest BCUT2D eigenvalue weighted by Crippen LogP contribution is -2.25. The lowest BCUT2D eigenvalue weighted by Gasteiger charge is -2.20. The van der Waals surface area contributed by atoms with E-state index in [0.717, 1.165) is 23.5 Å². The van der Waals surface area contributed by atoms with E-state index in [1.165, 1.54) is 50.5 Å². The molecule has 2 N–H and O–H groups in total. The summed E-state index contributed by atoms with van der Waals surface area (Å²) in [6, 6.07) is 4.72. The largest absolute Gasteiger partial charge is 0.386 e. The molecule has 0 bridgehead atoms. The van der Waals surface area contributed by atoms with Gasteiger partial charge in [-0.05, 0) is 43.0 Å². The molecule has 0 radical (unpaired) electrons. The highest BCUT2D eigenvalue weighted by Crippen LogP contribution is 2.24. The maximum Gasteiger partial charge on any atom is 0.0875 e. The van der Waals surface area contributed by atoms with E-state index in [1.54, 1.807) is 0 Å². The summed E-state index contributed by atoms with van der Waals surface area (Å²) >= 11 is 0. The molecule has 22 heavy (non-hydrogen) atoms. The Morgan fingerprint density at radius 2 is 2.00 bits per heavy atom. The summed E-state index contributed by atoms with van der Waals surface area (Å²) in [5.41, 5.74) is 4.57. The van der Waals surface area contributed by atoms with Crippen LogP contribution in [0.2, 0.25) is 0 Å². The van der Waals surface area contributed by atoms with Crippen LogP contribution in [0.15, 0.2) is 46.9 Å². The minimum atomic E-state index is 0.621. The van der Waals surface area contributed by atoms with Crippen molar-refractivity contribution in [1.29, 1.82) is 0 Å². The van der Waals surface area contributed by atoms with E-state index in [4.69, 9.17) is 4.99 Å². The zero-order chi connectivity index (χ0) is 15.2. The lowest BCUT2D eigenvalue weighted by molar-refractivity contribution is 0.419. The minimum absolute atomic E-state index is 0.621. The number of aliphatic imine (C=N–C) groups is 1. The zero-order valence-corrected chi connectivity index (χ0v) is 13.6. The number of aromatic amines is 1. The zero-order valence-electron chi connectivity index (χ0n) is 13.6. The van der Waals surface area contributed by atoms with Crippen LogP contribution in [0, 0.1) is 0 Å². The molecule has 0 saturated heterocycles. The van der Waals surface area contributed by atoms with Crippen LogP contribution >= 0.6 is 0 Å². The van der Waals surface area contributed by atoms with E-state index >= 15 is 0 Å². The summed E-state index contributed by atoms with van der Waals surface area (Å²) in [7, 11) is 0. The fourth-order valence-corrected chi connectivity index (χ4v) is 3.33. The third-order valence-electron chi connectivity index (χ3n) is 4.70. The summed E-state index contributed by atoms with van der Waals surface area (Å²) < 4.78 is 0. The van der Waals surface area contributed by atoms with Gasteiger partial charge in [-0.25, -0.2) is 4.99 Å². The molecule has 118 valence electrons. The van der Waals surface area contributed by atoms with Gasteiger partial charge in [0.15, 0.2) is 0 Å². The second-order valence-corrected chi connectivity index (χ2v) is 6.34. The molecular formula is C19H27N3. The molecule has 1 aromatic rings. The first-order chi connectivity index (χ1) is 10.9. The van der Waals surface area contributed by atoms with Gasteiger partial charge in [-0.1, -0.05) is 39.0 Å². The molecule has 2 heterocycles. The molecule has 2 aliphatic rings. The Hall–Kier alpha value is -1.77. The van der Waals surface area contributed by atoms with E-state index < -0.39 is 0 Å². The second kappa shape index (κ2) is 7.48. The molecule has 0 atom stereocenters. The molecule has 0 amide bonds. The normalized spacial score (nSPS) is 22.1. The topological polar surface area (TPSA) is 40.2 Å². The number of hydrogen-bond acceptors (Lipinski definition) is 2. The summed E-state index contributed by atoms with van der Waals surface area (Å²) in [5.74, 6) is 0. The van der Waals surface area contributed by atoms with Gasteiger partial charge in [0.2, 0.25) is 0 Å². The molecule has 1 fully saturated rings. The Morgan fingerprint density at radius 3 is 2.68 bits per heavy atom. The summed E-state index contributed by atoms with van der Waals surface area (Å²) in [5, 5.41) is 3.64. The highest BCUT2D eigenvalue weighted by atomic mass is 14.9. The quantitative estimate of drug-likeness (QED) is 0.831. The third kappa shape index (κ3) is 3.70. The average Bonchev–Trinajstić information content (AvgIpc) is 3.15. The second-order valence-electron chi connectivity index (χ2n) is 6.34. The maximum atomic E-state index is 4.80. The molecule has 1 aliphatic heterocycles. The Kier molecular flexibility index (Phi) is 5.15. The number of rotatable bonds is 4. The Balaban J connectivity index is 1.68. The van der Waals surface area contributed by atoms with Gasteiger partial charge >= 0.3 is 0 Å². The van der Waals surface area contributed by atoms with Crippen LogP contribution < -0.4 is 5.32 Å². The van der Waals surface area contributed by atoms with Crippen molar-refractivity contribution >= 4 is 5.71 Å². The maximum absolute atomic E-state index is 4.80. The van der Waals surface area contributed by atoms with Gasteiger partial charge in [0.25, 0.3) is 0 Å². The first-order valence-electron chi connectivity index (χ1n) is 8.76. The first-order valence-corrected chi connectivity index (χ1v) is 8.76.